The van der Waals surface area contributed by atoms with E-state index in [2.05, 4.69) is 52.0 Å². The fourth-order valence-corrected chi connectivity index (χ4v) is 3.17. The first-order valence-electron chi connectivity index (χ1n) is 8.83. The van der Waals surface area contributed by atoms with E-state index >= 15 is 0 Å². The number of benzene rings is 1. The van der Waals surface area contributed by atoms with Crippen LogP contribution in [0.2, 0.25) is 0 Å². The number of H-pyrrole nitrogens is 1. The van der Waals surface area contributed by atoms with Crippen LogP contribution in [0.4, 0.5) is 0 Å². The van der Waals surface area contributed by atoms with Gasteiger partial charge in [0.25, 0.3) is 5.91 Å². The SMILES string of the molecule is C/C=C(/C)NC1CCc2ccc(CNC(=O)c3cc(C(C)=O)n[nH]3)cc21. The van der Waals surface area contributed by atoms with Gasteiger partial charge in [-0.2, -0.15) is 5.10 Å². The molecule has 0 fully saturated rings. The molecule has 1 unspecified atom stereocenters. The van der Waals surface area contributed by atoms with Crippen molar-refractivity contribution in [1.82, 2.24) is 20.8 Å². The van der Waals surface area contributed by atoms with Crippen LogP contribution in [0.3, 0.4) is 0 Å². The second-order valence-corrected chi connectivity index (χ2v) is 6.65. The van der Waals surface area contributed by atoms with Gasteiger partial charge in [0.05, 0.1) is 6.04 Å². The zero-order valence-corrected chi connectivity index (χ0v) is 15.3. The largest absolute Gasteiger partial charge is 0.382 e. The molecule has 0 spiro atoms. The molecule has 1 aromatic carbocycles. The number of hydrogen-bond acceptors (Lipinski definition) is 4. The number of ketones is 1. The van der Waals surface area contributed by atoms with Crippen LogP contribution in [-0.4, -0.2) is 21.9 Å². The molecule has 0 saturated heterocycles. The van der Waals surface area contributed by atoms with Crippen molar-refractivity contribution in [1.29, 1.82) is 0 Å². The minimum atomic E-state index is -0.273. The molecule has 1 aliphatic rings. The summed E-state index contributed by atoms with van der Waals surface area (Å²) in [7, 11) is 0. The van der Waals surface area contributed by atoms with Gasteiger partial charge in [-0.25, -0.2) is 0 Å². The van der Waals surface area contributed by atoms with Gasteiger partial charge < -0.3 is 10.6 Å². The molecule has 3 N–H and O–H groups in total. The van der Waals surface area contributed by atoms with E-state index in [-0.39, 0.29) is 17.4 Å². The predicted molar refractivity (Wildman–Crippen MR) is 99.8 cm³/mol. The van der Waals surface area contributed by atoms with Gasteiger partial charge in [-0.1, -0.05) is 24.3 Å². The number of allylic oxidation sites excluding steroid dienone is 2. The number of fused-ring (bicyclic) bond motifs is 1. The summed E-state index contributed by atoms with van der Waals surface area (Å²) in [4.78, 5) is 23.5. The van der Waals surface area contributed by atoms with E-state index in [0.717, 1.165) is 18.4 Å². The predicted octanol–water partition coefficient (Wildman–Crippen LogP) is 3.04. The second kappa shape index (κ2) is 7.56. The van der Waals surface area contributed by atoms with Crippen molar-refractivity contribution < 1.29 is 9.59 Å². The van der Waals surface area contributed by atoms with Crippen LogP contribution in [-0.2, 0) is 13.0 Å². The number of nitrogens with zero attached hydrogens (tertiary/aromatic N) is 1. The van der Waals surface area contributed by atoms with Crippen molar-refractivity contribution in [2.75, 3.05) is 0 Å². The van der Waals surface area contributed by atoms with E-state index in [1.165, 1.54) is 29.8 Å². The first-order chi connectivity index (χ1) is 12.5. The third-order valence-corrected chi connectivity index (χ3v) is 4.76. The Morgan fingerprint density at radius 1 is 1.31 bits per heavy atom. The van der Waals surface area contributed by atoms with Crippen LogP contribution in [0.15, 0.2) is 36.0 Å². The van der Waals surface area contributed by atoms with Gasteiger partial charge in [-0.15, -0.1) is 0 Å². The molecule has 1 atom stereocenters. The standard InChI is InChI=1S/C20H24N4O2/c1-4-12(2)22-17-8-7-15-6-5-14(9-16(15)17)11-21-20(26)19-10-18(13(3)25)23-24-19/h4-6,9-10,17,22H,7-8,11H2,1-3H3,(H,21,26)(H,23,24)/b12-4-. The van der Waals surface area contributed by atoms with Crippen LogP contribution < -0.4 is 10.6 Å². The van der Waals surface area contributed by atoms with Crippen molar-refractivity contribution in [3.05, 3.63) is 64.1 Å². The molecule has 136 valence electrons. The summed E-state index contributed by atoms with van der Waals surface area (Å²) >= 11 is 0. The highest BCUT2D eigenvalue weighted by Gasteiger charge is 2.22. The number of hydrogen-bond donors (Lipinski definition) is 3. The Labute approximate surface area is 153 Å². The van der Waals surface area contributed by atoms with Crippen molar-refractivity contribution in [2.24, 2.45) is 0 Å². The van der Waals surface area contributed by atoms with Crippen molar-refractivity contribution in [2.45, 2.75) is 46.2 Å². The summed E-state index contributed by atoms with van der Waals surface area (Å²) in [6, 6.07) is 8.16. The van der Waals surface area contributed by atoms with E-state index in [9.17, 15) is 9.59 Å². The summed E-state index contributed by atoms with van der Waals surface area (Å²) in [5, 5.41) is 12.9. The Hall–Kier alpha value is -2.89. The lowest BCUT2D eigenvalue weighted by Gasteiger charge is -2.16. The van der Waals surface area contributed by atoms with Gasteiger partial charge in [0.1, 0.15) is 11.4 Å². The Morgan fingerprint density at radius 2 is 2.12 bits per heavy atom. The van der Waals surface area contributed by atoms with Crippen LogP contribution in [0.1, 0.15) is 70.9 Å². The normalized spacial score (nSPS) is 16.3. The number of nitrogens with one attached hydrogen (secondary N) is 3. The fraction of sp³-hybridized carbons (Fsp3) is 0.350. The average molecular weight is 352 g/mol. The summed E-state index contributed by atoms with van der Waals surface area (Å²) < 4.78 is 0. The molecule has 26 heavy (non-hydrogen) atoms. The summed E-state index contributed by atoms with van der Waals surface area (Å²) in [5.41, 5.74) is 5.44. The van der Waals surface area contributed by atoms with E-state index in [1.807, 2.05) is 6.92 Å². The molecule has 2 aromatic rings. The minimum absolute atomic E-state index is 0.172. The summed E-state index contributed by atoms with van der Waals surface area (Å²) in [5.74, 6) is -0.446. The van der Waals surface area contributed by atoms with Gasteiger partial charge in [0.15, 0.2) is 5.78 Å². The number of amides is 1. The Bertz CT molecular complexity index is 866. The van der Waals surface area contributed by atoms with E-state index < -0.39 is 0 Å². The molecule has 0 bridgehead atoms. The van der Waals surface area contributed by atoms with E-state index in [4.69, 9.17) is 0 Å². The maximum absolute atomic E-state index is 12.2. The number of Topliss-reactive ketones (excluding diaryl/α,β-unsaturated/α-hetero) is 1. The lowest BCUT2D eigenvalue weighted by atomic mass is 10.0. The number of aryl methyl sites for hydroxylation is 1. The highest BCUT2D eigenvalue weighted by Crippen LogP contribution is 2.32. The van der Waals surface area contributed by atoms with Gasteiger partial charge in [-0.3, -0.25) is 14.7 Å². The quantitative estimate of drug-likeness (QED) is 0.698. The minimum Gasteiger partial charge on any atom is -0.382 e. The third kappa shape index (κ3) is 3.85. The third-order valence-electron chi connectivity index (χ3n) is 4.76. The van der Waals surface area contributed by atoms with Crippen LogP contribution >= 0.6 is 0 Å². The molecule has 1 aromatic heterocycles. The summed E-state index contributed by atoms with van der Waals surface area (Å²) in [6.45, 7) is 5.94. The maximum atomic E-state index is 12.2. The van der Waals surface area contributed by atoms with E-state index in [1.54, 1.807) is 0 Å². The van der Waals surface area contributed by atoms with Gasteiger partial charge in [0, 0.05) is 19.2 Å². The topological polar surface area (TPSA) is 86.9 Å². The van der Waals surface area contributed by atoms with Crippen molar-refractivity contribution in [3.8, 4) is 0 Å². The van der Waals surface area contributed by atoms with Crippen LogP contribution in [0.5, 0.6) is 0 Å². The molecule has 3 rings (SSSR count). The lowest BCUT2D eigenvalue weighted by molar-refractivity contribution is 0.0945. The summed E-state index contributed by atoms with van der Waals surface area (Å²) in [6.07, 6.45) is 4.22. The zero-order chi connectivity index (χ0) is 18.7. The van der Waals surface area contributed by atoms with Crippen LogP contribution in [0.25, 0.3) is 0 Å². The Kier molecular flexibility index (Phi) is 5.21. The molecule has 1 heterocycles. The maximum Gasteiger partial charge on any atom is 0.269 e. The highest BCUT2D eigenvalue weighted by atomic mass is 16.2. The number of rotatable bonds is 6. The van der Waals surface area contributed by atoms with Gasteiger partial charge in [0.2, 0.25) is 0 Å². The molecular formula is C20H24N4O2. The molecule has 0 aliphatic heterocycles. The Morgan fingerprint density at radius 3 is 2.81 bits per heavy atom. The molecule has 6 heteroatoms. The molecule has 0 saturated carbocycles. The zero-order valence-electron chi connectivity index (χ0n) is 15.3. The lowest BCUT2D eigenvalue weighted by Crippen LogP contribution is -2.23. The number of aromatic nitrogens is 2. The number of aromatic amines is 1. The van der Waals surface area contributed by atoms with Crippen molar-refractivity contribution >= 4 is 11.7 Å². The smallest absolute Gasteiger partial charge is 0.269 e. The average Bonchev–Trinajstić information content (AvgIpc) is 3.27. The monoisotopic (exact) mass is 352 g/mol. The number of carbonyl (C=O) groups is 2. The second-order valence-electron chi connectivity index (χ2n) is 6.65. The van der Waals surface area contributed by atoms with Gasteiger partial charge >= 0.3 is 0 Å². The first-order valence-corrected chi connectivity index (χ1v) is 8.83. The van der Waals surface area contributed by atoms with Gasteiger partial charge in [-0.05, 0) is 49.4 Å². The molecule has 1 amide bonds. The Balaban J connectivity index is 1.66. The molecule has 0 radical (unpaired) electrons. The highest BCUT2D eigenvalue weighted by molar-refractivity contribution is 5.97. The van der Waals surface area contributed by atoms with Crippen LogP contribution in [0, 0.1) is 0 Å². The van der Waals surface area contributed by atoms with Crippen molar-refractivity contribution in [3.63, 3.8) is 0 Å². The first kappa shape index (κ1) is 17.9. The number of carbonyl (C=O) groups excluding carboxylic acids is 2. The molecule has 1 aliphatic carbocycles. The van der Waals surface area contributed by atoms with E-state index in [0.29, 0.717) is 18.3 Å². The molecular weight excluding hydrogens is 328 g/mol. The fourth-order valence-electron chi connectivity index (χ4n) is 3.17. The molecule has 6 nitrogen and oxygen atoms in total.